The highest BCUT2D eigenvalue weighted by Crippen LogP contribution is 2.37. The maximum atomic E-state index is 13.8. The quantitative estimate of drug-likeness (QED) is 0.279. The molecular formula is C29H37FN4O8S2. The largest absolute Gasteiger partial charge is 0.491 e. The van der Waals surface area contributed by atoms with Crippen molar-refractivity contribution in [3.8, 4) is 5.75 Å². The molecule has 2 atom stereocenters. The Morgan fingerprint density at radius 2 is 1.91 bits per heavy atom. The van der Waals surface area contributed by atoms with Crippen molar-refractivity contribution in [1.29, 1.82) is 0 Å². The van der Waals surface area contributed by atoms with E-state index in [0.717, 1.165) is 6.07 Å². The number of aryl methyl sites for hydroxylation is 1. The fourth-order valence-electron chi connectivity index (χ4n) is 5.78. The minimum Gasteiger partial charge on any atom is -0.491 e. The SMILES string of the molecule is CCn1cc(S(=O)(=O)N2CCC3(CC2)CC(NCC(O)COc2cccc(S(=O)(=O)NC)c2)CO3)c(=O)c2ccc(F)cc21. The molecule has 2 aliphatic heterocycles. The maximum Gasteiger partial charge on any atom is 0.248 e. The van der Waals surface area contributed by atoms with Crippen molar-refractivity contribution in [3.05, 3.63) is 64.7 Å². The molecule has 2 unspecified atom stereocenters. The number of sulfonamides is 2. The number of aliphatic hydroxyl groups excluding tert-OH is 1. The summed E-state index contributed by atoms with van der Waals surface area (Å²) >= 11 is 0. The van der Waals surface area contributed by atoms with Gasteiger partial charge in [-0.05, 0) is 63.6 Å². The molecule has 0 amide bonds. The summed E-state index contributed by atoms with van der Waals surface area (Å²) in [5, 5.41) is 13.9. The van der Waals surface area contributed by atoms with Crippen molar-refractivity contribution in [2.45, 2.75) is 60.3 Å². The van der Waals surface area contributed by atoms with Crippen LogP contribution in [0.25, 0.3) is 10.9 Å². The summed E-state index contributed by atoms with van der Waals surface area (Å²) in [4.78, 5) is 12.9. The normalized spacial score (nSPS) is 19.9. The molecule has 1 spiro atoms. The van der Waals surface area contributed by atoms with E-state index in [2.05, 4.69) is 10.0 Å². The summed E-state index contributed by atoms with van der Waals surface area (Å²) in [6.07, 6.45) is 1.95. The van der Waals surface area contributed by atoms with Crippen molar-refractivity contribution >= 4 is 30.9 Å². The van der Waals surface area contributed by atoms with Gasteiger partial charge >= 0.3 is 0 Å². The van der Waals surface area contributed by atoms with Crippen LogP contribution in [0.5, 0.6) is 5.75 Å². The van der Waals surface area contributed by atoms with Gasteiger partial charge in [0.25, 0.3) is 0 Å². The Kier molecular flexibility index (Phi) is 9.47. The van der Waals surface area contributed by atoms with Crippen LogP contribution in [0.15, 0.2) is 63.2 Å². The van der Waals surface area contributed by atoms with Gasteiger partial charge in [-0.2, -0.15) is 4.31 Å². The summed E-state index contributed by atoms with van der Waals surface area (Å²) in [5.74, 6) is -0.190. The molecule has 2 aromatic carbocycles. The van der Waals surface area contributed by atoms with Gasteiger partial charge in [0.05, 0.1) is 22.6 Å². The van der Waals surface area contributed by atoms with E-state index in [0.29, 0.717) is 43.7 Å². The van der Waals surface area contributed by atoms with E-state index in [1.165, 1.54) is 41.8 Å². The van der Waals surface area contributed by atoms with Gasteiger partial charge < -0.3 is 24.5 Å². The van der Waals surface area contributed by atoms with Gasteiger partial charge in [-0.3, -0.25) is 4.79 Å². The maximum absolute atomic E-state index is 13.8. The number of halogens is 1. The molecule has 3 N–H and O–H groups in total. The molecule has 3 aromatic rings. The summed E-state index contributed by atoms with van der Waals surface area (Å²) in [6.45, 7) is 3.08. The van der Waals surface area contributed by atoms with Gasteiger partial charge in [0.15, 0.2) is 0 Å². The number of hydrogen-bond donors (Lipinski definition) is 3. The van der Waals surface area contributed by atoms with Gasteiger partial charge in [0, 0.05) is 49.9 Å². The lowest BCUT2D eigenvalue weighted by Gasteiger charge is -2.38. The molecule has 44 heavy (non-hydrogen) atoms. The molecule has 15 heteroatoms. The third kappa shape index (κ3) is 6.68. The summed E-state index contributed by atoms with van der Waals surface area (Å²) < 4.78 is 81.9. The van der Waals surface area contributed by atoms with Crippen molar-refractivity contribution in [2.24, 2.45) is 0 Å². The lowest BCUT2D eigenvalue weighted by atomic mass is 9.88. The van der Waals surface area contributed by atoms with Crippen LogP contribution < -0.4 is 20.2 Å². The van der Waals surface area contributed by atoms with Crippen LogP contribution in [0.1, 0.15) is 26.2 Å². The van der Waals surface area contributed by atoms with Gasteiger partial charge in [-0.25, -0.2) is 25.9 Å². The molecule has 0 bridgehead atoms. The number of aromatic nitrogens is 1. The van der Waals surface area contributed by atoms with Crippen LogP contribution in [0.3, 0.4) is 0 Å². The molecule has 0 saturated carbocycles. The Morgan fingerprint density at radius 1 is 1.16 bits per heavy atom. The molecule has 240 valence electrons. The van der Waals surface area contributed by atoms with Crippen LogP contribution in [0.2, 0.25) is 0 Å². The Labute approximate surface area is 255 Å². The van der Waals surface area contributed by atoms with E-state index < -0.39 is 43.0 Å². The number of benzene rings is 2. The number of nitrogens with zero attached hydrogens (tertiary/aromatic N) is 2. The van der Waals surface area contributed by atoms with Crippen molar-refractivity contribution in [1.82, 2.24) is 18.9 Å². The van der Waals surface area contributed by atoms with Crippen molar-refractivity contribution < 1.29 is 35.8 Å². The number of pyridine rings is 1. The fourth-order valence-corrected chi connectivity index (χ4v) is 8.09. The Morgan fingerprint density at radius 3 is 2.61 bits per heavy atom. The predicted octanol–water partition coefficient (Wildman–Crippen LogP) is 1.41. The Balaban J connectivity index is 1.15. The molecule has 5 rings (SSSR count). The first-order chi connectivity index (χ1) is 20.9. The lowest BCUT2D eigenvalue weighted by molar-refractivity contribution is -0.0312. The molecule has 3 heterocycles. The van der Waals surface area contributed by atoms with E-state index in [1.807, 2.05) is 0 Å². The van der Waals surface area contributed by atoms with Gasteiger partial charge in [0.1, 0.15) is 29.2 Å². The smallest absolute Gasteiger partial charge is 0.248 e. The average molecular weight is 653 g/mol. The highest BCUT2D eigenvalue weighted by molar-refractivity contribution is 7.89. The minimum absolute atomic E-state index is 0.0506. The Bertz CT molecular complexity index is 1790. The van der Waals surface area contributed by atoms with E-state index >= 15 is 0 Å². The highest BCUT2D eigenvalue weighted by atomic mass is 32.2. The third-order valence-corrected chi connectivity index (χ3v) is 11.6. The first kappa shape index (κ1) is 32.5. The van der Waals surface area contributed by atoms with Crippen molar-refractivity contribution in [3.63, 3.8) is 0 Å². The van der Waals surface area contributed by atoms with E-state index in [-0.39, 0.29) is 47.5 Å². The first-order valence-electron chi connectivity index (χ1n) is 14.4. The van der Waals surface area contributed by atoms with E-state index in [4.69, 9.17) is 9.47 Å². The summed E-state index contributed by atoms with van der Waals surface area (Å²) in [6, 6.07) is 9.63. The zero-order valence-electron chi connectivity index (χ0n) is 24.5. The monoisotopic (exact) mass is 652 g/mol. The molecule has 2 saturated heterocycles. The Hall–Kier alpha value is -2.92. The van der Waals surface area contributed by atoms with Crippen molar-refractivity contribution in [2.75, 3.05) is 39.9 Å². The lowest BCUT2D eigenvalue weighted by Crippen LogP contribution is -2.47. The number of piperidine rings is 1. The second kappa shape index (κ2) is 12.8. The van der Waals surface area contributed by atoms with Crippen LogP contribution in [0.4, 0.5) is 4.39 Å². The standard InChI is InChI=1S/C29H37FN4O8S2/c1-3-33-17-27(28(36)25-8-7-20(30)13-26(25)33)44(39,40)34-11-9-29(10-12-34)15-21(18-42-29)32-16-22(35)19-41-23-5-4-6-24(14-23)43(37,38)31-2/h4-8,13-14,17,21-22,31-32,35H,3,9-12,15-16,18-19H2,1-2H3. The average Bonchev–Trinajstić information content (AvgIpc) is 3.41. The second-order valence-electron chi connectivity index (χ2n) is 11.1. The number of ether oxygens (including phenoxy) is 2. The first-order valence-corrected chi connectivity index (χ1v) is 17.3. The molecule has 2 fully saturated rings. The number of nitrogens with one attached hydrogen (secondary N) is 2. The van der Waals surface area contributed by atoms with Gasteiger partial charge in [-0.1, -0.05) is 6.07 Å². The zero-order chi connectivity index (χ0) is 31.7. The molecule has 0 radical (unpaired) electrons. The van der Waals surface area contributed by atoms with E-state index in [1.54, 1.807) is 23.6 Å². The highest BCUT2D eigenvalue weighted by Gasteiger charge is 2.45. The summed E-state index contributed by atoms with van der Waals surface area (Å²) in [7, 11) is -6.39. The molecule has 1 aromatic heterocycles. The van der Waals surface area contributed by atoms with Crippen LogP contribution in [-0.2, 0) is 31.3 Å². The fraction of sp³-hybridized carbons (Fsp3) is 0.483. The second-order valence-corrected chi connectivity index (χ2v) is 14.9. The molecule has 2 aliphatic rings. The van der Waals surface area contributed by atoms with Gasteiger partial charge in [-0.15, -0.1) is 0 Å². The van der Waals surface area contributed by atoms with Gasteiger partial charge in [0.2, 0.25) is 25.5 Å². The summed E-state index contributed by atoms with van der Waals surface area (Å²) in [5.41, 5.74) is -0.822. The number of aliphatic hydroxyl groups is 1. The van der Waals surface area contributed by atoms with Crippen LogP contribution >= 0.6 is 0 Å². The third-order valence-electron chi connectivity index (χ3n) is 8.28. The van der Waals surface area contributed by atoms with Crippen LogP contribution in [-0.4, -0.2) is 88.5 Å². The van der Waals surface area contributed by atoms with Crippen LogP contribution in [0, 0.1) is 5.82 Å². The zero-order valence-corrected chi connectivity index (χ0v) is 26.2. The number of hydrogen-bond acceptors (Lipinski definition) is 9. The molecule has 0 aliphatic carbocycles. The molecule has 12 nitrogen and oxygen atoms in total. The topological polar surface area (TPSA) is 156 Å². The minimum atomic E-state index is -4.10. The predicted molar refractivity (Wildman–Crippen MR) is 161 cm³/mol. The van der Waals surface area contributed by atoms with E-state index in [9.17, 15) is 31.1 Å². The number of rotatable bonds is 11. The number of fused-ring (bicyclic) bond motifs is 1. The molecular weight excluding hydrogens is 615 g/mol.